The molecule has 1 aliphatic heterocycles. The first-order valence-corrected chi connectivity index (χ1v) is 10.1. The molecule has 2 rings (SSSR count). The van der Waals surface area contributed by atoms with Crippen LogP contribution in [0.25, 0.3) is 0 Å². The Morgan fingerprint density at radius 3 is 2.52 bits per heavy atom. The summed E-state index contributed by atoms with van der Waals surface area (Å²) in [5, 5.41) is 10.8. The van der Waals surface area contributed by atoms with Gasteiger partial charge in [-0.1, -0.05) is 25.0 Å². The highest BCUT2D eigenvalue weighted by molar-refractivity contribution is 7.90. The maximum absolute atomic E-state index is 11.5. The summed E-state index contributed by atoms with van der Waals surface area (Å²) in [4.78, 5) is 2.49. The minimum atomic E-state index is -3.22. The molecule has 0 bridgehead atoms. The zero-order chi connectivity index (χ0) is 17.1. The molecule has 0 aliphatic carbocycles. The quantitative estimate of drug-likeness (QED) is 0.868. The molecule has 1 aliphatic rings. The van der Waals surface area contributed by atoms with Gasteiger partial charge in [0.15, 0.2) is 9.84 Å². The summed E-state index contributed by atoms with van der Waals surface area (Å²) < 4.78 is 23.1. The number of hydrogen-bond acceptors (Lipinski definition) is 5. The summed E-state index contributed by atoms with van der Waals surface area (Å²) in [6, 6.07) is 6.65. The van der Waals surface area contributed by atoms with Gasteiger partial charge >= 0.3 is 0 Å². The Bertz CT molecular complexity index is 611. The number of sulfone groups is 1. The van der Waals surface area contributed by atoms with Crippen LogP contribution in [-0.4, -0.2) is 50.4 Å². The lowest BCUT2D eigenvalue weighted by atomic mass is 9.94. The van der Waals surface area contributed by atoms with Gasteiger partial charge < -0.3 is 10.8 Å². The van der Waals surface area contributed by atoms with Crippen molar-refractivity contribution in [2.75, 3.05) is 25.9 Å². The van der Waals surface area contributed by atoms with E-state index in [-0.39, 0.29) is 10.9 Å². The molecule has 5 nitrogen and oxygen atoms in total. The normalized spacial score (nSPS) is 23.7. The predicted octanol–water partition coefficient (Wildman–Crippen LogP) is 1.50. The monoisotopic (exact) mass is 340 g/mol. The molecule has 2 unspecified atom stereocenters. The Labute approximate surface area is 139 Å². The van der Waals surface area contributed by atoms with Gasteiger partial charge in [-0.2, -0.15) is 0 Å². The van der Waals surface area contributed by atoms with Crippen LogP contribution >= 0.6 is 0 Å². The first-order chi connectivity index (χ1) is 10.7. The molecular formula is C17H28N2O3S. The van der Waals surface area contributed by atoms with Crippen LogP contribution in [0, 0.1) is 0 Å². The molecule has 1 aromatic rings. The molecule has 0 aromatic heterocycles. The molecule has 0 saturated carbocycles. The van der Waals surface area contributed by atoms with Crippen molar-refractivity contribution in [3.05, 3.63) is 29.8 Å². The van der Waals surface area contributed by atoms with E-state index >= 15 is 0 Å². The zero-order valence-electron chi connectivity index (χ0n) is 14.0. The van der Waals surface area contributed by atoms with Crippen LogP contribution in [0.1, 0.15) is 38.2 Å². The maximum Gasteiger partial charge on any atom is 0.175 e. The highest BCUT2D eigenvalue weighted by Crippen LogP contribution is 2.24. The van der Waals surface area contributed by atoms with Crippen molar-refractivity contribution in [1.29, 1.82) is 0 Å². The van der Waals surface area contributed by atoms with E-state index in [0.717, 1.165) is 31.5 Å². The van der Waals surface area contributed by atoms with E-state index in [4.69, 9.17) is 5.73 Å². The molecular weight excluding hydrogens is 312 g/mol. The van der Waals surface area contributed by atoms with Gasteiger partial charge in [-0.05, 0) is 44.0 Å². The van der Waals surface area contributed by atoms with Crippen molar-refractivity contribution >= 4 is 9.84 Å². The van der Waals surface area contributed by atoms with E-state index < -0.39 is 15.4 Å². The van der Waals surface area contributed by atoms with Gasteiger partial charge in [0.1, 0.15) is 0 Å². The van der Waals surface area contributed by atoms with Gasteiger partial charge in [-0.25, -0.2) is 8.42 Å². The number of hydrogen-bond donors (Lipinski definition) is 2. The number of β-amino-alcohol motifs (C(OH)–C–C–N with tert-alkyl or cyclic N) is 1. The minimum Gasteiger partial charge on any atom is -0.384 e. The Hall–Kier alpha value is -0.950. The number of aliphatic hydroxyl groups is 1. The number of nitrogens with zero attached hydrogens (tertiary/aromatic N) is 1. The van der Waals surface area contributed by atoms with Gasteiger partial charge in [0.25, 0.3) is 0 Å². The Morgan fingerprint density at radius 1 is 1.26 bits per heavy atom. The first kappa shape index (κ1) is 18.4. The number of rotatable bonds is 4. The van der Waals surface area contributed by atoms with Crippen molar-refractivity contribution in [3.8, 4) is 0 Å². The third-order valence-corrected chi connectivity index (χ3v) is 5.61. The first-order valence-electron chi connectivity index (χ1n) is 8.19. The number of benzene rings is 1. The van der Waals surface area contributed by atoms with Gasteiger partial charge in [0.05, 0.1) is 10.5 Å². The highest BCUT2D eigenvalue weighted by Gasteiger charge is 2.27. The van der Waals surface area contributed by atoms with Gasteiger partial charge in [0, 0.05) is 25.4 Å². The fourth-order valence-corrected chi connectivity index (χ4v) is 3.79. The van der Waals surface area contributed by atoms with Crippen LogP contribution < -0.4 is 5.73 Å². The van der Waals surface area contributed by atoms with Crippen LogP contribution in [-0.2, 0) is 15.4 Å². The van der Waals surface area contributed by atoms with Crippen molar-refractivity contribution < 1.29 is 13.5 Å². The van der Waals surface area contributed by atoms with Crippen LogP contribution in [0.4, 0.5) is 0 Å². The van der Waals surface area contributed by atoms with E-state index in [1.807, 2.05) is 0 Å². The smallest absolute Gasteiger partial charge is 0.175 e. The van der Waals surface area contributed by atoms with E-state index in [1.165, 1.54) is 19.1 Å². The van der Waals surface area contributed by atoms with E-state index in [1.54, 1.807) is 31.2 Å². The second-order valence-electron chi connectivity index (χ2n) is 6.91. The Balaban J connectivity index is 2.10. The SMILES string of the molecule is CC(O)(CN1CCCCCC(N)C1)c1ccc(S(C)(=O)=O)cc1. The summed E-state index contributed by atoms with van der Waals surface area (Å²) in [7, 11) is -3.22. The van der Waals surface area contributed by atoms with Crippen LogP contribution in [0.3, 0.4) is 0 Å². The summed E-state index contributed by atoms with van der Waals surface area (Å²) in [6.45, 7) is 3.99. The second kappa shape index (κ2) is 7.30. The van der Waals surface area contributed by atoms with E-state index in [0.29, 0.717) is 6.54 Å². The third kappa shape index (κ3) is 5.28. The molecule has 3 N–H and O–H groups in total. The maximum atomic E-state index is 11.5. The Morgan fingerprint density at radius 2 is 1.91 bits per heavy atom. The summed E-state index contributed by atoms with van der Waals surface area (Å²) in [6.07, 6.45) is 5.69. The van der Waals surface area contributed by atoms with Crippen molar-refractivity contribution in [2.45, 2.75) is 49.1 Å². The molecule has 0 radical (unpaired) electrons. The average Bonchev–Trinajstić information content (AvgIpc) is 2.43. The lowest BCUT2D eigenvalue weighted by Crippen LogP contribution is -2.45. The fraction of sp³-hybridized carbons (Fsp3) is 0.647. The third-order valence-electron chi connectivity index (χ3n) is 4.48. The molecule has 1 fully saturated rings. The molecule has 1 aromatic carbocycles. The molecule has 1 heterocycles. The lowest BCUT2D eigenvalue weighted by molar-refractivity contribution is 0.0121. The van der Waals surface area contributed by atoms with Gasteiger partial charge in [-0.3, -0.25) is 4.90 Å². The summed E-state index contributed by atoms with van der Waals surface area (Å²) in [5.41, 5.74) is 5.82. The predicted molar refractivity (Wildman–Crippen MR) is 92.0 cm³/mol. The van der Waals surface area contributed by atoms with Crippen LogP contribution in [0.5, 0.6) is 0 Å². The van der Waals surface area contributed by atoms with Crippen LogP contribution in [0.2, 0.25) is 0 Å². The molecule has 23 heavy (non-hydrogen) atoms. The summed E-state index contributed by atoms with van der Waals surface area (Å²) in [5.74, 6) is 0. The van der Waals surface area contributed by atoms with Gasteiger partial charge in [0.2, 0.25) is 0 Å². The van der Waals surface area contributed by atoms with Crippen molar-refractivity contribution in [3.63, 3.8) is 0 Å². The number of likely N-dealkylation sites (tertiary alicyclic amines) is 1. The largest absolute Gasteiger partial charge is 0.384 e. The summed E-state index contributed by atoms with van der Waals surface area (Å²) >= 11 is 0. The zero-order valence-corrected chi connectivity index (χ0v) is 14.8. The van der Waals surface area contributed by atoms with Crippen molar-refractivity contribution in [2.24, 2.45) is 5.73 Å². The fourth-order valence-electron chi connectivity index (χ4n) is 3.16. The second-order valence-corrected chi connectivity index (χ2v) is 8.93. The van der Waals surface area contributed by atoms with E-state index in [2.05, 4.69) is 4.90 Å². The highest BCUT2D eigenvalue weighted by atomic mass is 32.2. The standard InChI is InChI=1S/C17H28N2O3S/c1-17(20,13-19-11-5-3-4-6-15(18)12-19)14-7-9-16(10-8-14)23(2,21)22/h7-10,15,20H,3-6,11-13,18H2,1-2H3. The lowest BCUT2D eigenvalue weighted by Gasteiger charge is -2.34. The van der Waals surface area contributed by atoms with Gasteiger partial charge in [-0.15, -0.1) is 0 Å². The molecule has 0 amide bonds. The topological polar surface area (TPSA) is 83.6 Å². The molecule has 2 atom stereocenters. The van der Waals surface area contributed by atoms with Crippen molar-refractivity contribution in [1.82, 2.24) is 4.90 Å². The molecule has 0 spiro atoms. The molecule has 1 saturated heterocycles. The van der Waals surface area contributed by atoms with Crippen LogP contribution in [0.15, 0.2) is 29.2 Å². The number of nitrogens with two attached hydrogens (primary N) is 1. The average molecular weight is 340 g/mol. The molecule has 130 valence electrons. The minimum absolute atomic E-state index is 0.152. The molecule has 6 heteroatoms. The van der Waals surface area contributed by atoms with E-state index in [9.17, 15) is 13.5 Å². The Kier molecular flexibility index (Phi) is 5.84.